The highest BCUT2D eigenvalue weighted by Gasteiger charge is 2.44. The molecule has 2 aromatic heterocycles. The minimum Gasteiger partial charge on any atom is -0.411 e. The van der Waals surface area contributed by atoms with Crippen LogP contribution < -0.4 is 5.32 Å². The molecule has 1 aliphatic heterocycles. The molecule has 1 aliphatic rings. The number of oxime groups is 1. The number of hydrogen-bond donors (Lipinski definition) is 3. The van der Waals surface area contributed by atoms with Gasteiger partial charge in [-0.15, -0.1) is 11.3 Å². The fourth-order valence-corrected chi connectivity index (χ4v) is 9.08. The summed E-state index contributed by atoms with van der Waals surface area (Å²) in [6.07, 6.45) is 1.89. The molecule has 294 valence electrons. The highest BCUT2D eigenvalue weighted by atomic mass is 32.2. The van der Waals surface area contributed by atoms with Crippen LogP contribution in [0.3, 0.4) is 0 Å². The first-order valence-corrected chi connectivity index (χ1v) is 20.6. The van der Waals surface area contributed by atoms with Gasteiger partial charge < -0.3 is 25.4 Å². The van der Waals surface area contributed by atoms with Crippen LogP contribution in [0.1, 0.15) is 57.1 Å². The number of rotatable bonds is 16. The monoisotopic (exact) mass is 789 g/mol. The highest BCUT2D eigenvalue weighted by Crippen LogP contribution is 2.30. The minimum absolute atomic E-state index is 0.0185. The quantitative estimate of drug-likeness (QED) is 0.0770. The first-order chi connectivity index (χ1) is 26.1. The minimum atomic E-state index is -4.08. The number of sulfonamides is 1. The Morgan fingerprint density at radius 1 is 1.05 bits per heavy atom. The second-order valence-electron chi connectivity index (χ2n) is 15.4. The number of aliphatic hydroxyl groups is 1. The van der Waals surface area contributed by atoms with Crippen molar-refractivity contribution in [1.82, 2.24) is 29.4 Å². The molecule has 13 nitrogen and oxygen atoms in total. The SMILES string of the molecule is Cc1ccc(-c2nc(CN3CCN([C@H](C(=O)N[C@@H](Cc4ccccc4)[C@H](O)CN(CC(C)C)S(=O)(=O)c4ccc(C=NO)cc4)C(C)(C)C)C3=O)cs2)cn1. The molecule has 3 atom stereocenters. The van der Waals surface area contributed by atoms with Gasteiger partial charge in [-0.05, 0) is 60.1 Å². The molecule has 1 fully saturated rings. The summed E-state index contributed by atoms with van der Waals surface area (Å²) < 4.78 is 29.2. The Kier molecular flexibility index (Phi) is 13.4. The van der Waals surface area contributed by atoms with Crippen LogP contribution in [0.25, 0.3) is 10.6 Å². The van der Waals surface area contributed by atoms with E-state index in [-0.39, 0.29) is 42.9 Å². The van der Waals surface area contributed by atoms with Crippen LogP contribution in [-0.2, 0) is 27.8 Å². The number of carbonyl (C=O) groups excluding carboxylic acids is 2. The second kappa shape index (κ2) is 17.8. The van der Waals surface area contributed by atoms with Crippen molar-refractivity contribution in [3.05, 3.63) is 101 Å². The molecule has 0 spiro atoms. The number of carbonyl (C=O) groups is 2. The molecule has 55 heavy (non-hydrogen) atoms. The standard InChI is InChI=1S/C40H51N7O6S2/c1-27(2)23-46(55(52,53)33-16-13-30(14-17-33)21-42-51)25-35(48)34(20-29-10-8-7-9-11-29)44-37(49)36(40(4,5)6)47-19-18-45(39(47)50)24-32-26-54-38(43-32)31-15-12-28(3)41-22-31/h7-17,21-22,26-27,34-36,48,51H,18-20,23-25H2,1-6H3,(H,44,49)/t34-,35+,36+/m0/s1. The summed E-state index contributed by atoms with van der Waals surface area (Å²) in [5, 5.41) is 29.5. The van der Waals surface area contributed by atoms with Crippen molar-refractivity contribution in [3.63, 3.8) is 0 Å². The van der Waals surface area contributed by atoms with E-state index in [2.05, 4.69) is 15.5 Å². The summed E-state index contributed by atoms with van der Waals surface area (Å²) in [6, 6.07) is 17.1. The van der Waals surface area contributed by atoms with E-state index < -0.39 is 39.5 Å². The van der Waals surface area contributed by atoms with Gasteiger partial charge in [0.1, 0.15) is 11.0 Å². The number of urea groups is 1. The van der Waals surface area contributed by atoms with Crippen LogP contribution in [0.2, 0.25) is 0 Å². The fourth-order valence-electron chi connectivity index (χ4n) is 6.66. The number of benzene rings is 2. The lowest BCUT2D eigenvalue weighted by Crippen LogP contribution is -2.59. The number of aromatic nitrogens is 2. The summed E-state index contributed by atoms with van der Waals surface area (Å²) in [6.45, 7) is 12.2. The molecular weight excluding hydrogens is 739 g/mol. The van der Waals surface area contributed by atoms with Gasteiger partial charge in [-0.3, -0.25) is 9.78 Å². The molecule has 15 heteroatoms. The Hall–Kier alpha value is -4.70. The van der Waals surface area contributed by atoms with Crippen molar-refractivity contribution in [3.8, 4) is 10.6 Å². The molecule has 0 aliphatic carbocycles. The van der Waals surface area contributed by atoms with Crippen molar-refractivity contribution in [2.45, 2.75) is 77.6 Å². The normalized spacial score (nSPS) is 15.6. The number of pyridine rings is 1. The number of nitrogens with one attached hydrogen (secondary N) is 1. The van der Waals surface area contributed by atoms with Crippen molar-refractivity contribution in [2.24, 2.45) is 16.5 Å². The molecule has 0 saturated carbocycles. The average Bonchev–Trinajstić information content (AvgIpc) is 3.74. The van der Waals surface area contributed by atoms with E-state index in [1.807, 2.05) is 89.4 Å². The predicted molar refractivity (Wildman–Crippen MR) is 213 cm³/mol. The molecule has 0 bridgehead atoms. The second-order valence-corrected chi connectivity index (χ2v) is 18.2. The van der Waals surface area contributed by atoms with Crippen LogP contribution in [0.5, 0.6) is 0 Å². The zero-order chi connectivity index (χ0) is 39.9. The Morgan fingerprint density at radius 3 is 2.38 bits per heavy atom. The van der Waals surface area contributed by atoms with Crippen molar-refractivity contribution >= 4 is 39.5 Å². The number of aliphatic hydroxyl groups excluding tert-OH is 1. The van der Waals surface area contributed by atoms with E-state index in [0.717, 1.165) is 27.5 Å². The number of amides is 3. The highest BCUT2D eigenvalue weighted by molar-refractivity contribution is 7.89. The van der Waals surface area contributed by atoms with E-state index in [4.69, 9.17) is 10.2 Å². The molecule has 3 N–H and O–H groups in total. The first-order valence-electron chi connectivity index (χ1n) is 18.3. The number of hydrogen-bond acceptors (Lipinski definition) is 10. The summed E-state index contributed by atoms with van der Waals surface area (Å²) in [5.74, 6) is -0.514. The third-order valence-electron chi connectivity index (χ3n) is 9.35. The van der Waals surface area contributed by atoms with Gasteiger partial charge in [-0.2, -0.15) is 4.31 Å². The summed E-state index contributed by atoms with van der Waals surface area (Å²) in [4.78, 5) is 40.8. The molecule has 0 unspecified atom stereocenters. The van der Waals surface area contributed by atoms with Crippen molar-refractivity contribution in [2.75, 3.05) is 26.2 Å². The van der Waals surface area contributed by atoms with Gasteiger partial charge in [0.05, 0.1) is 35.5 Å². The third-order valence-corrected chi connectivity index (χ3v) is 12.1. The van der Waals surface area contributed by atoms with Gasteiger partial charge in [-0.1, -0.05) is 82.2 Å². The van der Waals surface area contributed by atoms with Gasteiger partial charge in [0.15, 0.2) is 0 Å². The zero-order valence-electron chi connectivity index (χ0n) is 32.2. The summed E-state index contributed by atoms with van der Waals surface area (Å²) in [5.41, 5.74) is 3.23. The maximum Gasteiger partial charge on any atom is 0.321 e. The van der Waals surface area contributed by atoms with Crippen molar-refractivity contribution < 1.29 is 28.3 Å². The first kappa shape index (κ1) is 41.5. The molecule has 4 aromatic rings. The molecule has 3 heterocycles. The smallest absolute Gasteiger partial charge is 0.321 e. The molecular formula is C40H51N7O6S2. The van der Waals surface area contributed by atoms with Crippen LogP contribution in [0.15, 0.2) is 88.4 Å². The summed E-state index contributed by atoms with van der Waals surface area (Å²) in [7, 11) is -4.08. The number of thiazole rings is 1. The van der Waals surface area contributed by atoms with Gasteiger partial charge in [0, 0.05) is 49.0 Å². The van der Waals surface area contributed by atoms with Gasteiger partial charge in [-0.25, -0.2) is 18.2 Å². The zero-order valence-corrected chi connectivity index (χ0v) is 33.8. The maximum atomic E-state index is 14.4. The lowest BCUT2D eigenvalue weighted by molar-refractivity contribution is -0.130. The largest absolute Gasteiger partial charge is 0.411 e. The molecule has 0 radical (unpaired) electrons. The van der Waals surface area contributed by atoms with Gasteiger partial charge >= 0.3 is 6.03 Å². The third kappa shape index (κ3) is 10.5. The molecule has 3 amide bonds. The maximum absolute atomic E-state index is 14.4. The predicted octanol–water partition coefficient (Wildman–Crippen LogP) is 5.41. The Bertz CT molecular complexity index is 2030. The summed E-state index contributed by atoms with van der Waals surface area (Å²) >= 11 is 1.48. The van der Waals surface area contributed by atoms with Crippen molar-refractivity contribution in [1.29, 1.82) is 0 Å². The van der Waals surface area contributed by atoms with E-state index in [9.17, 15) is 23.1 Å². The van der Waals surface area contributed by atoms with E-state index in [0.29, 0.717) is 18.7 Å². The Morgan fingerprint density at radius 2 is 1.76 bits per heavy atom. The Balaban J connectivity index is 1.36. The Labute approximate surface area is 327 Å². The van der Waals surface area contributed by atoms with Crippen LogP contribution in [0.4, 0.5) is 4.79 Å². The van der Waals surface area contributed by atoms with E-state index in [1.165, 1.54) is 46.1 Å². The topological polar surface area (TPSA) is 169 Å². The average molecular weight is 790 g/mol. The van der Waals surface area contributed by atoms with Crippen LogP contribution in [0, 0.1) is 18.3 Å². The lowest BCUT2D eigenvalue weighted by atomic mass is 9.84. The van der Waals surface area contributed by atoms with E-state index in [1.54, 1.807) is 16.0 Å². The van der Waals surface area contributed by atoms with Gasteiger partial charge in [0.25, 0.3) is 0 Å². The molecule has 5 rings (SSSR count). The fraction of sp³-hybridized carbons (Fsp3) is 0.425. The van der Waals surface area contributed by atoms with Crippen LogP contribution >= 0.6 is 11.3 Å². The number of nitrogens with zero attached hydrogens (tertiary/aromatic N) is 6. The van der Waals surface area contributed by atoms with Crippen LogP contribution in [-0.4, -0.2) is 105 Å². The van der Waals surface area contributed by atoms with Gasteiger partial charge in [0.2, 0.25) is 15.9 Å². The lowest BCUT2D eigenvalue weighted by Gasteiger charge is -2.38. The number of aryl methyl sites for hydroxylation is 1. The molecule has 1 saturated heterocycles. The molecule has 2 aromatic carbocycles. The van der Waals surface area contributed by atoms with E-state index >= 15 is 0 Å².